The molecule has 2 rings (SSSR count). The number of benzene rings is 2. The Bertz CT molecular complexity index is 857. The maximum Gasteiger partial charge on any atom is 0.188 e. The summed E-state index contributed by atoms with van der Waals surface area (Å²) in [5, 5.41) is 5.09. The summed E-state index contributed by atoms with van der Waals surface area (Å²) in [5.41, 5.74) is 6.52. The van der Waals surface area contributed by atoms with Crippen molar-refractivity contribution in [2.24, 2.45) is 0 Å². The van der Waals surface area contributed by atoms with Crippen molar-refractivity contribution in [3.8, 4) is 5.75 Å². The number of hydrogen-bond donors (Lipinski definition) is 1. The van der Waals surface area contributed by atoms with E-state index in [0.29, 0.717) is 8.58 Å². The molecule has 0 saturated heterocycles. The van der Waals surface area contributed by atoms with E-state index in [0.717, 1.165) is 18.7 Å². The molecule has 0 bridgehead atoms. The third-order valence-corrected chi connectivity index (χ3v) is 7.45. The van der Waals surface area contributed by atoms with E-state index in [1.54, 1.807) is 7.11 Å². The molecule has 4 heteroatoms. The highest BCUT2D eigenvalue weighted by molar-refractivity contribution is 7.48. The lowest BCUT2D eigenvalue weighted by Gasteiger charge is -2.33. The first-order valence-corrected chi connectivity index (χ1v) is 11.9. The number of ether oxygens (including phenoxy) is 2. The fourth-order valence-electron chi connectivity index (χ4n) is 3.67. The molecule has 2 unspecified atom stereocenters. The topological polar surface area (TPSA) is 30.5 Å². The molecule has 30 heavy (non-hydrogen) atoms. The fourth-order valence-corrected chi connectivity index (χ4v) is 5.25. The molecule has 0 aliphatic carbocycles. The molecular formula is C26H40NO2P. The van der Waals surface area contributed by atoms with Gasteiger partial charge in [0.1, 0.15) is 5.75 Å². The van der Waals surface area contributed by atoms with Crippen molar-refractivity contribution >= 4 is 13.9 Å². The first kappa shape index (κ1) is 24.9. The minimum atomic E-state index is -0.00834. The van der Waals surface area contributed by atoms with Gasteiger partial charge in [-0.25, -0.2) is 0 Å². The summed E-state index contributed by atoms with van der Waals surface area (Å²) in [6.45, 7) is 18.9. The van der Waals surface area contributed by atoms with Gasteiger partial charge in [0.25, 0.3) is 0 Å². The molecule has 0 saturated carbocycles. The zero-order valence-electron chi connectivity index (χ0n) is 20.3. The summed E-state index contributed by atoms with van der Waals surface area (Å²) < 4.78 is 11.3. The highest BCUT2D eigenvalue weighted by atomic mass is 31.1. The summed E-state index contributed by atoms with van der Waals surface area (Å²) >= 11 is 0. The van der Waals surface area contributed by atoms with E-state index in [1.807, 2.05) is 0 Å². The maximum absolute atomic E-state index is 6.07. The Kier molecular flexibility index (Phi) is 8.51. The molecule has 0 aliphatic rings. The van der Waals surface area contributed by atoms with Gasteiger partial charge in [-0.05, 0) is 64.4 Å². The van der Waals surface area contributed by atoms with Gasteiger partial charge < -0.3 is 14.8 Å². The van der Waals surface area contributed by atoms with Crippen molar-refractivity contribution < 1.29 is 9.47 Å². The molecule has 0 amide bonds. The maximum atomic E-state index is 6.07. The predicted molar refractivity (Wildman–Crippen MR) is 132 cm³/mol. The molecule has 0 spiro atoms. The van der Waals surface area contributed by atoms with Gasteiger partial charge in [0.05, 0.1) is 0 Å². The van der Waals surface area contributed by atoms with E-state index in [4.69, 9.17) is 9.47 Å². The van der Waals surface area contributed by atoms with E-state index >= 15 is 0 Å². The molecule has 2 atom stereocenters. The van der Waals surface area contributed by atoms with Crippen LogP contribution in [0.15, 0.2) is 30.3 Å². The summed E-state index contributed by atoms with van der Waals surface area (Å²) in [6, 6.07) is 11.4. The van der Waals surface area contributed by atoms with Crippen LogP contribution in [0.3, 0.4) is 0 Å². The molecule has 166 valence electrons. The van der Waals surface area contributed by atoms with Crippen molar-refractivity contribution in [1.29, 1.82) is 0 Å². The monoisotopic (exact) mass is 429 g/mol. The largest absolute Gasteiger partial charge is 0.467 e. The molecular weight excluding hydrogens is 389 g/mol. The van der Waals surface area contributed by atoms with Gasteiger partial charge in [-0.2, -0.15) is 0 Å². The lowest BCUT2D eigenvalue weighted by molar-refractivity contribution is 0.0495. The van der Waals surface area contributed by atoms with Crippen molar-refractivity contribution in [3.63, 3.8) is 0 Å². The first-order valence-electron chi connectivity index (χ1n) is 10.9. The number of rotatable bonds is 9. The second-order valence-electron chi connectivity index (χ2n) is 9.58. The first-order chi connectivity index (χ1) is 14.0. The lowest BCUT2D eigenvalue weighted by atomic mass is 9.92. The number of methoxy groups -OCH3 is 1. The van der Waals surface area contributed by atoms with Crippen LogP contribution in [-0.2, 0) is 16.4 Å². The van der Waals surface area contributed by atoms with Crippen molar-refractivity contribution in [3.05, 3.63) is 58.1 Å². The SMILES string of the molecule is CCC(C)(Pc1ccc(C)cc1CNC(C)(C)C)c1cc(C)cc(C)c1OCOC. The fraction of sp³-hybridized carbons (Fsp3) is 0.538. The van der Waals surface area contributed by atoms with E-state index in [-0.39, 0.29) is 17.5 Å². The molecule has 1 N–H and O–H groups in total. The minimum absolute atomic E-state index is 0.00834. The van der Waals surface area contributed by atoms with E-state index in [2.05, 4.69) is 91.0 Å². The van der Waals surface area contributed by atoms with Crippen molar-refractivity contribution in [2.75, 3.05) is 13.9 Å². The molecule has 3 nitrogen and oxygen atoms in total. The number of hydrogen-bond acceptors (Lipinski definition) is 3. The lowest BCUT2D eigenvalue weighted by Crippen LogP contribution is -2.36. The molecule has 0 radical (unpaired) electrons. The van der Waals surface area contributed by atoms with Crippen LogP contribution in [0.5, 0.6) is 5.75 Å². The van der Waals surface area contributed by atoms with Crippen LogP contribution in [0.25, 0.3) is 0 Å². The number of aryl methyl sites for hydroxylation is 3. The van der Waals surface area contributed by atoms with Gasteiger partial charge in [-0.1, -0.05) is 63.9 Å². The van der Waals surface area contributed by atoms with E-state index in [1.165, 1.54) is 33.1 Å². The van der Waals surface area contributed by atoms with Gasteiger partial charge in [0, 0.05) is 29.9 Å². The normalized spacial score (nSPS) is 14.3. The minimum Gasteiger partial charge on any atom is -0.467 e. The molecule has 2 aromatic carbocycles. The summed E-state index contributed by atoms with van der Waals surface area (Å²) in [5.74, 6) is 0.973. The van der Waals surface area contributed by atoms with Crippen LogP contribution in [-0.4, -0.2) is 19.4 Å². The van der Waals surface area contributed by atoms with Crippen molar-refractivity contribution in [2.45, 2.75) is 79.1 Å². The molecule has 2 aromatic rings. The average Bonchev–Trinajstić information content (AvgIpc) is 2.66. The summed E-state index contributed by atoms with van der Waals surface area (Å²) in [7, 11) is 2.32. The Balaban J connectivity index is 2.48. The van der Waals surface area contributed by atoms with Crippen LogP contribution >= 0.6 is 8.58 Å². The van der Waals surface area contributed by atoms with Gasteiger partial charge in [-0.15, -0.1) is 0 Å². The van der Waals surface area contributed by atoms with Crippen LogP contribution < -0.4 is 15.4 Å². The summed E-state index contributed by atoms with van der Waals surface area (Å²) in [4.78, 5) is 0. The highest BCUT2D eigenvalue weighted by Gasteiger charge is 2.30. The Labute approximate surface area is 185 Å². The Morgan fingerprint density at radius 3 is 2.27 bits per heavy atom. The van der Waals surface area contributed by atoms with Crippen LogP contribution in [0.2, 0.25) is 0 Å². The average molecular weight is 430 g/mol. The van der Waals surface area contributed by atoms with Gasteiger partial charge in [0.15, 0.2) is 6.79 Å². The standard InChI is InChI=1S/C26H40NO2P/c1-10-26(8,22-15-19(3)13-20(4)24(22)29-17-28-9)30-23-12-11-18(2)14-21(23)16-27-25(5,6)7/h11-15,27,30H,10,16-17H2,1-9H3. The van der Waals surface area contributed by atoms with Gasteiger partial charge in [-0.3, -0.25) is 0 Å². The molecule has 0 heterocycles. The Morgan fingerprint density at radius 2 is 1.67 bits per heavy atom. The Hall–Kier alpha value is -1.41. The van der Waals surface area contributed by atoms with Crippen LogP contribution in [0.4, 0.5) is 0 Å². The van der Waals surface area contributed by atoms with Gasteiger partial charge in [0.2, 0.25) is 0 Å². The van der Waals surface area contributed by atoms with E-state index in [9.17, 15) is 0 Å². The van der Waals surface area contributed by atoms with E-state index < -0.39 is 0 Å². The summed E-state index contributed by atoms with van der Waals surface area (Å²) in [6.07, 6.45) is 1.04. The van der Waals surface area contributed by atoms with Gasteiger partial charge >= 0.3 is 0 Å². The Morgan fingerprint density at radius 1 is 0.967 bits per heavy atom. The predicted octanol–water partition coefficient (Wildman–Crippen LogP) is 6.11. The smallest absolute Gasteiger partial charge is 0.188 e. The van der Waals surface area contributed by atoms with Crippen LogP contribution in [0.1, 0.15) is 68.9 Å². The molecule has 0 fully saturated rings. The van der Waals surface area contributed by atoms with Crippen molar-refractivity contribution in [1.82, 2.24) is 5.32 Å². The second kappa shape index (κ2) is 10.3. The second-order valence-corrected chi connectivity index (χ2v) is 11.5. The zero-order valence-corrected chi connectivity index (χ0v) is 21.3. The molecule has 0 aliphatic heterocycles. The third kappa shape index (κ3) is 6.54. The van der Waals surface area contributed by atoms with Crippen LogP contribution in [0, 0.1) is 20.8 Å². The zero-order chi connectivity index (χ0) is 22.5. The quantitative estimate of drug-likeness (QED) is 0.385. The molecule has 0 aromatic heterocycles. The highest BCUT2D eigenvalue weighted by Crippen LogP contribution is 2.48. The third-order valence-electron chi connectivity index (χ3n) is 5.52. The number of nitrogens with one attached hydrogen (secondary N) is 1.